The molecule has 6 N–H and O–H groups in total. The van der Waals surface area contributed by atoms with Gasteiger partial charge >= 0.3 is 11.3 Å². The number of phenolic OH excluding ortho intramolecular Hbond substituents is 3. The van der Waals surface area contributed by atoms with Crippen molar-refractivity contribution in [1.82, 2.24) is 0 Å². The van der Waals surface area contributed by atoms with Crippen molar-refractivity contribution in [2.24, 2.45) is 0 Å². The molecule has 1 fully saturated rings. The average molecular weight is 459 g/mol. The number of aryl methyl sites for hydroxylation is 2. The minimum absolute atomic E-state index is 0.0791. The van der Waals surface area contributed by atoms with Crippen LogP contribution in [0.5, 0.6) is 23.0 Å². The second kappa shape index (κ2) is 8.68. The molecule has 0 bridgehead atoms. The summed E-state index contributed by atoms with van der Waals surface area (Å²) in [5.74, 6) is -0.0598. The molecule has 1 aromatic heterocycles. The van der Waals surface area contributed by atoms with Gasteiger partial charge in [0.2, 0.25) is 12.0 Å². The van der Waals surface area contributed by atoms with Crippen LogP contribution in [0, 0.1) is 13.8 Å². The van der Waals surface area contributed by atoms with Crippen LogP contribution in [0.2, 0.25) is 0 Å². The van der Waals surface area contributed by atoms with Crippen LogP contribution in [-0.2, 0) is 4.74 Å². The van der Waals surface area contributed by atoms with Crippen LogP contribution >= 0.6 is 0 Å². The fourth-order valence-electron chi connectivity index (χ4n) is 4.04. The summed E-state index contributed by atoms with van der Waals surface area (Å²) in [5.41, 5.74) is 1.87. The fourth-order valence-corrected chi connectivity index (χ4v) is 4.04. The molecule has 1 aliphatic rings. The van der Waals surface area contributed by atoms with Gasteiger partial charge in [-0.15, -0.1) is 0 Å². The number of aliphatic hydroxyl groups is 3. The molecule has 0 aliphatic carbocycles. The van der Waals surface area contributed by atoms with Crippen molar-refractivity contribution in [1.29, 1.82) is 0 Å². The van der Waals surface area contributed by atoms with E-state index in [1.807, 2.05) is 0 Å². The maximum Gasteiger partial charge on any atom is 0.402 e. The van der Waals surface area contributed by atoms with E-state index in [2.05, 4.69) is 0 Å². The molecular weight excluding hydrogens is 432 g/mol. The largest absolute Gasteiger partial charge is 0.507 e. The summed E-state index contributed by atoms with van der Waals surface area (Å²) in [4.78, 5) is 0. The predicted octanol–water partition coefficient (Wildman–Crippen LogP) is 2.71. The van der Waals surface area contributed by atoms with Crippen molar-refractivity contribution < 1.29 is 44.5 Å². The van der Waals surface area contributed by atoms with Crippen molar-refractivity contribution in [2.75, 3.05) is 0 Å². The highest BCUT2D eigenvalue weighted by molar-refractivity contribution is 5.88. The van der Waals surface area contributed by atoms with Crippen LogP contribution < -0.4 is 4.74 Å². The van der Waals surface area contributed by atoms with Gasteiger partial charge in [0, 0.05) is 12.1 Å². The minimum Gasteiger partial charge on any atom is -0.507 e. The zero-order chi connectivity index (χ0) is 24.0. The minimum atomic E-state index is -1.55. The van der Waals surface area contributed by atoms with E-state index in [-0.39, 0.29) is 39.7 Å². The fraction of sp³-hybridized carbons (Fsp3) is 0.375. The molecule has 1 aliphatic heterocycles. The number of aliphatic hydroxyl groups excluding tert-OH is 3. The number of fused-ring (bicyclic) bond motifs is 1. The Kier molecular flexibility index (Phi) is 6.06. The second-order valence-corrected chi connectivity index (χ2v) is 8.32. The lowest BCUT2D eigenvalue weighted by molar-refractivity contribution is -0.272. The van der Waals surface area contributed by atoms with E-state index in [4.69, 9.17) is 13.9 Å². The van der Waals surface area contributed by atoms with Crippen molar-refractivity contribution >= 4 is 11.0 Å². The van der Waals surface area contributed by atoms with Gasteiger partial charge < -0.3 is 40.1 Å². The maximum atomic E-state index is 10.5. The standard InChI is InChI=1S/C24H26O9/c1-4-16-20(28)21(29)22(30)24(32-16)33-18-9-14-15(26)7-13(25)8-17(14)31-23(18)12-5-10(2)19(27)11(3)6-12/h5-9,16,20-22,24,28-30H,4H2,1-3H3,(H2-,25,26,27)/p+1. The summed E-state index contributed by atoms with van der Waals surface area (Å²) in [5, 5.41) is 61.4. The first-order chi connectivity index (χ1) is 15.6. The highest BCUT2D eigenvalue weighted by Gasteiger charge is 2.45. The highest BCUT2D eigenvalue weighted by Crippen LogP contribution is 2.41. The van der Waals surface area contributed by atoms with Crippen LogP contribution in [0.25, 0.3) is 22.3 Å². The van der Waals surface area contributed by atoms with E-state index in [0.717, 1.165) is 6.07 Å². The van der Waals surface area contributed by atoms with Crippen LogP contribution in [0.4, 0.5) is 0 Å². The van der Waals surface area contributed by atoms with Gasteiger partial charge in [-0.2, -0.15) is 0 Å². The van der Waals surface area contributed by atoms with Crippen molar-refractivity contribution in [2.45, 2.75) is 57.9 Å². The van der Waals surface area contributed by atoms with Crippen molar-refractivity contribution in [3.63, 3.8) is 0 Å². The molecule has 176 valence electrons. The lowest BCUT2D eigenvalue weighted by Gasteiger charge is -2.39. The van der Waals surface area contributed by atoms with Gasteiger partial charge in [-0.1, -0.05) is 6.92 Å². The molecule has 9 nitrogen and oxygen atoms in total. The second-order valence-electron chi connectivity index (χ2n) is 8.32. The molecule has 1 saturated heterocycles. The summed E-state index contributed by atoms with van der Waals surface area (Å²) >= 11 is 0. The Morgan fingerprint density at radius 2 is 1.58 bits per heavy atom. The van der Waals surface area contributed by atoms with E-state index < -0.39 is 30.7 Å². The molecule has 5 atom stereocenters. The van der Waals surface area contributed by atoms with Gasteiger partial charge in [0.1, 0.15) is 40.9 Å². The number of rotatable bonds is 4. The zero-order valence-electron chi connectivity index (χ0n) is 18.4. The molecule has 0 spiro atoms. The van der Waals surface area contributed by atoms with Crippen LogP contribution in [0.3, 0.4) is 0 Å². The lowest BCUT2D eigenvalue weighted by atomic mass is 9.97. The van der Waals surface area contributed by atoms with Gasteiger partial charge in [-0.25, -0.2) is 4.42 Å². The molecule has 0 saturated carbocycles. The van der Waals surface area contributed by atoms with E-state index in [1.165, 1.54) is 12.1 Å². The summed E-state index contributed by atoms with van der Waals surface area (Å²) in [6.45, 7) is 5.21. The van der Waals surface area contributed by atoms with E-state index in [9.17, 15) is 30.6 Å². The first kappa shape index (κ1) is 23.1. The Morgan fingerprint density at radius 1 is 0.909 bits per heavy atom. The number of phenols is 3. The quantitative estimate of drug-likeness (QED) is 0.324. The monoisotopic (exact) mass is 459 g/mol. The predicted molar refractivity (Wildman–Crippen MR) is 118 cm³/mol. The SMILES string of the molecule is CCC1OC(Oc2cc3c(O)cc(O)cc3[o+]c2-c2cc(C)c(O)c(C)c2)C(O)C(O)C1O. The number of hydrogen-bond donors (Lipinski definition) is 6. The van der Waals surface area contributed by atoms with Crippen molar-refractivity contribution in [3.05, 3.63) is 41.5 Å². The molecule has 4 rings (SSSR count). The van der Waals surface area contributed by atoms with Gasteiger partial charge in [0.05, 0.1) is 17.7 Å². The number of aromatic hydroxyl groups is 3. The summed E-state index contributed by atoms with van der Waals surface area (Å²) in [6.07, 6.45) is -6.05. The third kappa shape index (κ3) is 4.16. The van der Waals surface area contributed by atoms with Gasteiger partial charge in [-0.05, 0) is 43.5 Å². The third-order valence-electron chi connectivity index (χ3n) is 5.88. The number of hydrogen-bond acceptors (Lipinski definition) is 8. The van der Waals surface area contributed by atoms with E-state index in [0.29, 0.717) is 23.1 Å². The zero-order valence-corrected chi connectivity index (χ0v) is 18.4. The normalized spacial score (nSPS) is 25.3. The summed E-state index contributed by atoms with van der Waals surface area (Å²) < 4.78 is 17.6. The smallest absolute Gasteiger partial charge is 0.402 e. The molecule has 3 aromatic rings. The number of benzene rings is 2. The molecular formula is C24H27O9+. The molecule has 0 amide bonds. The van der Waals surface area contributed by atoms with Crippen LogP contribution in [0.1, 0.15) is 24.5 Å². The molecule has 33 heavy (non-hydrogen) atoms. The topological polar surface area (TPSA) is 151 Å². The van der Waals surface area contributed by atoms with Gasteiger partial charge in [-0.3, -0.25) is 0 Å². The Balaban J connectivity index is 1.86. The van der Waals surface area contributed by atoms with Gasteiger partial charge in [0.25, 0.3) is 0 Å². The highest BCUT2D eigenvalue weighted by atomic mass is 16.7. The number of ether oxygens (including phenoxy) is 2. The van der Waals surface area contributed by atoms with E-state index >= 15 is 0 Å². The molecule has 0 radical (unpaired) electrons. The summed E-state index contributed by atoms with van der Waals surface area (Å²) in [6, 6.07) is 7.30. The van der Waals surface area contributed by atoms with E-state index in [1.54, 1.807) is 32.9 Å². The average Bonchev–Trinajstić information content (AvgIpc) is 2.77. The Morgan fingerprint density at radius 3 is 2.21 bits per heavy atom. The Bertz CT molecular complexity index is 1170. The maximum absolute atomic E-state index is 10.5. The first-order valence-corrected chi connectivity index (χ1v) is 10.6. The van der Waals surface area contributed by atoms with Gasteiger partial charge in [0.15, 0.2) is 0 Å². The molecule has 2 aromatic carbocycles. The third-order valence-corrected chi connectivity index (χ3v) is 5.88. The van der Waals surface area contributed by atoms with Crippen molar-refractivity contribution in [3.8, 4) is 34.3 Å². The molecule has 2 heterocycles. The molecule has 9 heteroatoms. The first-order valence-electron chi connectivity index (χ1n) is 10.6. The Labute approximate surface area is 189 Å². The summed E-state index contributed by atoms with van der Waals surface area (Å²) in [7, 11) is 0. The lowest BCUT2D eigenvalue weighted by Crippen LogP contribution is -2.58. The van der Waals surface area contributed by atoms with Crippen LogP contribution in [0.15, 0.2) is 34.7 Å². The molecule has 5 unspecified atom stereocenters. The Hall–Kier alpha value is -3.11. The van der Waals surface area contributed by atoms with Crippen LogP contribution in [-0.4, -0.2) is 61.3 Å².